The first kappa shape index (κ1) is 21.5. The molecule has 7 heteroatoms. The van der Waals surface area contributed by atoms with Gasteiger partial charge in [-0.1, -0.05) is 48.5 Å². The number of methoxy groups -OCH3 is 1. The number of aryl methyl sites for hydroxylation is 1. The Morgan fingerprint density at radius 3 is 2.37 bits per heavy atom. The largest absolute Gasteiger partial charge is 0.495 e. The maximum atomic E-state index is 12.9. The van der Waals surface area contributed by atoms with E-state index in [9.17, 15) is 13.2 Å². The zero-order chi connectivity index (χ0) is 21.6. The van der Waals surface area contributed by atoms with Crippen LogP contribution in [0.5, 0.6) is 5.75 Å². The lowest BCUT2D eigenvalue weighted by Gasteiger charge is -2.13. The van der Waals surface area contributed by atoms with Crippen molar-refractivity contribution in [2.75, 3.05) is 19.0 Å². The van der Waals surface area contributed by atoms with E-state index in [1.807, 2.05) is 55.5 Å². The van der Waals surface area contributed by atoms with Crippen LogP contribution in [0.4, 0.5) is 5.69 Å². The highest BCUT2D eigenvalue weighted by molar-refractivity contribution is 7.89. The van der Waals surface area contributed by atoms with Crippen molar-refractivity contribution in [3.63, 3.8) is 0 Å². The van der Waals surface area contributed by atoms with Gasteiger partial charge in [-0.15, -0.1) is 0 Å². The summed E-state index contributed by atoms with van der Waals surface area (Å²) in [6.45, 7) is 2.12. The van der Waals surface area contributed by atoms with Gasteiger partial charge in [0.2, 0.25) is 10.0 Å². The summed E-state index contributed by atoms with van der Waals surface area (Å²) in [6.07, 6.45) is 0.551. The van der Waals surface area contributed by atoms with Crippen LogP contribution in [0, 0.1) is 6.92 Å². The fraction of sp³-hybridized carbons (Fsp3) is 0.174. The number of nitrogens with one attached hydrogen (secondary N) is 2. The smallest absolute Gasteiger partial charge is 0.255 e. The lowest BCUT2D eigenvalue weighted by Crippen LogP contribution is -2.27. The number of carbonyl (C=O) groups is 1. The van der Waals surface area contributed by atoms with Crippen LogP contribution in [0.15, 0.2) is 77.7 Å². The third-order valence-electron chi connectivity index (χ3n) is 4.66. The number of anilines is 1. The van der Waals surface area contributed by atoms with Crippen LogP contribution in [0.25, 0.3) is 0 Å². The van der Waals surface area contributed by atoms with Crippen molar-refractivity contribution in [1.82, 2.24) is 4.72 Å². The number of sulfonamides is 1. The number of para-hydroxylation sites is 1. The van der Waals surface area contributed by atoms with E-state index in [-0.39, 0.29) is 22.8 Å². The first-order valence-corrected chi connectivity index (χ1v) is 11.0. The number of hydrogen-bond acceptors (Lipinski definition) is 4. The highest BCUT2D eigenvalue weighted by Gasteiger charge is 2.21. The van der Waals surface area contributed by atoms with Gasteiger partial charge in [0, 0.05) is 17.8 Å². The minimum Gasteiger partial charge on any atom is -0.495 e. The zero-order valence-electron chi connectivity index (χ0n) is 16.9. The Morgan fingerprint density at radius 1 is 0.967 bits per heavy atom. The van der Waals surface area contributed by atoms with Crippen LogP contribution < -0.4 is 14.8 Å². The SMILES string of the molecule is COc1ccc(C(=O)Nc2ccccc2C)cc1S(=O)(=O)NCCc1ccccc1. The Labute approximate surface area is 177 Å². The molecule has 0 unspecified atom stereocenters. The molecule has 0 heterocycles. The number of benzene rings is 3. The van der Waals surface area contributed by atoms with E-state index in [0.717, 1.165) is 11.1 Å². The van der Waals surface area contributed by atoms with Gasteiger partial charge in [-0.05, 0) is 48.7 Å². The molecule has 0 bridgehead atoms. The minimum atomic E-state index is -3.87. The summed E-state index contributed by atoms with van der Waals surface area (Å²) in [5.74, 6) is -0.220. The van der Waals surface area contributed by atoms with Crippen molar-refractivity contribution in [2.24, 2.45) is 0 Å². The number of rotatable bonds is 8. The van der Waals surface area contributed by atoms with Crippen LogP contribution in [-0.4, -0.2) is 28.0 Å². The van der Waals surface area contributed by atoms with Crippen LogP contribution in [0.2, 0.25) is 0 Å². The van der Waals surface area contributed by atoms with Crippen molar-refractivity contribution < 1.29 is 17.9 Å². The summed E-state index contributed by atoms with van der Waals surface area (Å²) < 4.78 is 33.5. The maximum Gasteiger partial charge on any atom is 0.255 e. The highest BCUT2D eigenvalue weighted by atomic mass is 32.2. The van der Waals surface area contributed by atoms with E-state index in [4.69, 9.17) is 4.74 Å². The molecule has 0 atom stereocenters. The Hall–Kier alpha value is -3.16. The molecule has 30 heavy (non-hydrogen) atoms. The molecule has 1 amide bonds. The van der Waals surface area contributed by atoms with Gasteiger partial charge < -0.3 is 10.1 Å². The van der Waals surface area contributed by atoms with Crippen LogP contribution >= 0.6 is 0 Å². The molecule has 0 spiro atoms. The van der Waals surface area contributed by atoms with Crippen molar-refractivity contribution in [3.8, 4) is 5.75 Å². The molecule has 6 nitrogen and oxygen atoms in total. The average Bonchev–Trinajstić information content (AvgIpc) is 2.75. The number of ether oxygens (including phenoxy) is 1. The van der Waals surface area contributed by atoms with E-state index < -0.39 is 15.9 Å². The Bertz CT molecular complexity index is 1130. The molecule has 0 radical (unpaired) electrons. The summed E-state index contributed by atoms with van der Waals surface area (Å²) >= 11 is 0. The third-order valence-corrected chi connectivity index (χ3v) is 6.14. The van der Waals surface area contributed by atoms with Gasteiger partial charge in [0.25, 0.3) is 5.91 Å². The average molecular weight is 425 g/mol. The second-order valence-corrected chi connectivity index (χ2v) is 8.50. The van der Waals surface area contributed by atoms with Crippen molar-refractivity contribution in [1.29, 1.82) is 0 Å². The molecular weight excluding hydrogens is 400 g/mol. The molecule has 0 aliphatic carbocycles. The van der Waals surface area contributed by atoms with E-state index in [1.165, 1.54) is 25.3 Å². The molecular formula is C23H24N2O4S. The van der Waals surface area contributed by atoms with E-state index in [2.05, 4.69) is 10.0 Å². The first-order valence-electron chi connectivity index (χ1n) is 9.49. The Morgan fingerprint density at radius 2 is 1.67 bits per heavy atom. The van der Waals surface area contributed by atoms with Crippen LogP contribution in [-0.2, 0) is 16.4 Å². The van der Waals surface area contributed by atoms with Gasteiger partial charge in [-0.25, -0.2) is 13.1 Å². The molecule has 2 N–H and O–H groups in total. The molecule has 0 aliphatic heterocycles. The summed E-state index contributed by atoms with van der Waals surface area (Å²) in [7, 11) is -2.47. The second kappa shape index (κ2) is 9.56. The quantitative estimate of drug-likeness (QED) is 0.576. The molecule has 0 fully saturated rings. The molecule has 0 saturated heterocycles. The first-order chi connectivity index (χ1) is 14.4. The predicted octanol–water partition coefficient (Wildman–Crippen LogP) is 3.78. The molecule has 3 aromatic carbocycles. The standard InChI is InChI=1S/C23H24N2O4S/c1-17-8-6-7-11-20(17)25-23(26)19-12-13-21(29-2)22(16-19)30(27,28)24-15-14-18-9-4-3-5-10-18/h3-13,16,24H,14-15H2,1-2H3,(H,25,26). The zero-order valence-corrected chi connectivity index (χ0v) is 17.7. The van der Waals surface area contributed by atoms with Crippen LogP contribution in [0.3, 0.4) is 0 Å². The molecule has 0 aromatic heterocycles. The maximum absolute atomic E-state index is 12.9. The minimum absolute atomic E-state index is 0.0736. The van der Waals surface area contributed by atoms with Gasteiger partial charge >= 0.3 is 0 Å². The van der Waals surface area contributed by atoms with Gasteiger partial charge in [-0.3, -0.25) is 4.79 Å². The van der Waals surface area contributed by atoms with E-state index in [0.29, 0.717) is 12.1 Å². The lowest BCUT2D eigenvalue weighted by atomic mass is 10.1. The Kier molecular flexibility index (Phi) is 6.87. The normalized spacial score (nSPS) is 11.1. The summed E-state index contributed by atoms with van der Waals surface area (Å²) in [5, 5.41) is 2.81. The molecule has 0 saturated carbocycles. The van der Waals surface area contributed by atoms with Gasteiger partial charge in [0.05, 0.1) is 7.11 Å². The highest BCUT2D eigenvalue weighted by Crippen LogP contribution is 2.25. The third kappa shape index (κ3) is 5.25. The number of amides is 1. The molecule has 3 rings (SSSR count). The van der Waals surface area contributed by atoms with Gasteiger partial charge in [0.15, 0.2) is 0 Å². The molecule has 0 aliphatic rings. The topological polar surface area (TPSA) is 84.5 Å². The Balaban J connectivity index is 1.79. The van der Waals surface area contributed by atoms with E-state index in [1.54, 1.807) is 6.07 Å². The van der Waals surface area contributed by atoms with Crippen LogP contribution in [0.1, 0.15) is 21.5 Å². The summed E-state index contributed by atoms with van der Waals surface area (Å²) in [6, 6.07) is 21.3. The second-order valence-electron chi connectivity index (χ2n) is 6.77. The van der Waals surface area contributed by atoms with Crippen molar-refractivity contribution >= 4 is 21.6 Å². The predicted molar refractivity (Wildman–Crippen MR) is 117 cm³/mol. The molecule has 156 valence electrons. The summed E-state index contributed by atoms with van der Waals surface area (Å²) in [5.41, 5.74) is 2.83. The van der Waals surface area contributed by atoms with Gasteiger partial charge in [-0.2, -0.15) is 0 Å². The lowest BCUT2D eigenvalue weighted by molar-refractivity contribution is 0.102. The summed E-state index contributed by atoms with van der Waals surface area (Å²) in [4.78, 5) is 12.6. The van der Waals surface area contributed by atoms with Gasteiger partial charge in [0.1, 0.15) is 10.6 Å². The molecule has 3 aromatic rings. The van der Waals surface area contributed by atoms with Crippen molar-refractivity contribution in [3.05, 3.63) is 89.5 Å². The van der Waals surface area contributed by atoms with Crippen molar-refractivity contribution in [2.45, 2.75) is 18.2 Å². The number of hydrogen-bond donors (Lipinski definition) is 2. The monoisotopic (exact) mass is 424 g/mol. The number of carbonyl (C=O) groups excluding carboxylic acids is 1. The fourth-order valence-electron chi connectivity index (χ4n) is 2.99. The fourth-order valence-corrected chi connectivity index (χ4v) is 4.21. The van der Waals surface area contributed by atoms with E-state index >= 15 is 0 Å².